The van der Waals surface area contributed by atoms with E-state index >= 15 is 0 Å². The summed E-state index contributed by atoms with van der Waals surface area (Å²) in [6, 6.07) is 5.25. The number of carbonyl (C=O) groups excluding carboxylic acids is 2. The molecule has 0 spiro atoms. The summed E-state index contributed by atoms with van der Waals surface area (Å²) < 4.78 is 12.4. The van der Waals surface area contributed by atoms with Crippen molar-refractivity contribution in [2.45, 2.75) is 12.6 Å². The molecule has 8 nitrogen and oxygen atoms in total. The maximum atomic E-state index is 12.6. The summed E-state index contributed by atoms with van der Waals surface area (Å²) in [5.41, 5.74) is 0. The minimum atomic E-state index is -0.290. The van der Waals surface area contributed by atoms with E-state index in [9.17, 15) is 9.59 Å². The zero-order chi connectivity index (χ0) is 15.8. The van der Waals surface area contributed by atoms with E-state index in [1.54, 1.807) is 32.8 Å². The molecule has 2 aromatic heterocycles. The van der Waals surface area contributed by atoms with E-state index in [0.29, 0.717) is 44.3 Å². The second-order valence-electron chi connectivity index (χ2n) is 5.64. The Morgan fingerprint density at radius 2 is 2.26 bits per heavy atom. The quantitative estimate of drug-likeness (QED) is 0.837. The summed E-state index contributed by atoms with van der Waals surface area (Å²) in [6.45, 7) is 2.28. The Morgan fingerprint density at radius 1 is 1.35 bits per heavy atom. The third kappa shape index (κ3) is 2.56. The lowest BCUT2D eigenvalue weighted by atomic mass is 10.2. The van der Waals surface area contributed by atoms with Gasteiger partial charge < -0.3 is 14.1 Å². The molecule has 4 rings (SSSR count). The Hall–Kier alpha value is -2.77. The first-order valence-electron chi connectivity index (χ1n) is 7.49. The van der Waals surface area contributed by atoms with Crippen molar-refractivity contribution in [2.24, 2.45) is 0 Å². The van der Waals surface area contributed by atoms with Crippen LogP contribution in [0.4, 0.5) is 4.79 Å². The van der Waals surface area contributed by atoms with Crippen molar-refractivity contribution < 1.29 is 18.7 Å². The molecule has 0 bridgehead atoms. The zero-order valence-electron chi connectivity index (χ0n) is 12.4. The average Bonchev–Trinajstić information content (AvgIpc) is 3.29. The van der Waals surface area contributed by atoms with Crippen LogP contribution >= 0.6 is 0 Å². The molecule has 23 heavy (non-hydrogen) atoms. The maximum absolute atomic E-state index is 12.6. The fourth-order valence-electron chi connectivity index (χ4n) is 2.96. The smallest absolute Gasteiger partial charge is 0.410 e. The Balaban J connectivity index is 1.43. The summed E-state index contributed by atoms with van der Waals surface area (Å²) in [6.07, 6.45) is 3.24. The van der Waals surface area contributed by atoms with Crippen molar-refractivity contribution in [3.63, 3.8) is 0 Å². The zero-order valence-corrected chi connectivity index (χ0v) is 12.4. The number of fused-ring (bicyclic) bond motifs is 1. The van der Waals surface area contributed by atoms with Crippen LogP contribution in [0.3, 0.4) is 0 Å². The monoisotopic (exact) mass is 316 g/mol. The second kappa shape index (κ2) is 5.45. The van der Waals surface area contributed by atoms with Gasteiger partial charge in [0.25, 0.3) is 5.91 Å². The van der Waals surface area contributed by atoms with Gasteiger partial charge in [0.15, 0.2) is 5.76 Å². The molecule has 4 heterocycles. The molecule has 0 unspecified atom stereocenters. The number of cyclic esters (lactones) is 1. The van der Waals surface area contributed by atoms with Gasteiger partial charge in [-0.15, -0.1) is 0 Å². The molecule has 0 radical (unpaired) electrons. The van der Waals surface area contributed by atoms with Gasteiger partial charge >= 0.3 is 6.09 Å². The van der Waals surface area contributed by atoms with Crippen molar-refractivity contribution in [3.05, 3.63) is 42.1 Å². The van der Waals surface area contributed by atoms with Crippen LogP contribution in [0.1, 0.15) is 16.3 Å². The number of furan rings is 1. The van der Waals surface area contributed by atoms with Gasteiger partial charge in [-0.25, -0.2) is 4.79 Å². The van der Waals surface area contributed by atoms with Crippen LogP contribution in [-0.2, 0) is 11.3 Å². The molecule has 8 heteroatoms. The molecule has 120 valence electrons. The Kier molecular flexibility index (Phi) is 3.29. The first-order chi connectivity index (χ1) is 11.2. The number of rotatable bonds is 3. The molecule has 0 aliphatic carbocycles. The van der Waals surface area contributed by atoms with Gasteiger partial charge in [0, 0.05) is 32.0 Å². The highest BCUT2D eigenvalue weighted by atomic mass is 16.6. The number of carbonyl (C=O) groups is 2. The number of amides is 2. The van der Waals surface area contributed by atoms with Crippen molar-refractivity contribution in [1.29, 1.82) is 0 Å². The standard InChI is InChI=1S/C15H16N4O4/c20-14(17-6-7-19-11(8-17)10-22-15(19)21)13-3-2-12(23-13)9-18-5-1-4-16-18/h1-5,11H,6-10H2/t11-/m0/s1. The van der Waals surface area contributed by atoms with Gasteiger partial charge in [0.2, 0.25) is 0 Å². The first kappa shape index (κ1) is 13.9. The van der Waals surface area contributed by atoms with Crippen LogP contribution in [0.15, 0.2) is 35.0 Å². The lowest BCUT2D eigenvalue weighted by molar-refractivity contribution is 0.0584. The van der Waals surface area contributed by atoms with Crippen molar-refractivity contribution >= 4 is 12.0 Å². The predicted octanol–water partition coefficient (Wildman–Crippen LogP) is 0.801. The summed E-state index contributed by atoms with van der Waals surface area (Å²) >= 11 is 0. The fourth-order valence-corrected chi connectivity index (χ4v) is 2.96. The third-order valence-corrected chi connectivity index (χ3v) is 4.15. The number of nitrogens with zero attached hydrogens (tertiary/aromatic N) is 4. The molecule has 0 N–H and O–H groups in total. The molecule has 2 aliphatic heterocycles. The molecular formula is C15H16N4O4. The Morgan fingerprint density at radius 3 is 3.09 bits per heavy atom. The molecule has 2 saturated heterocycles. The van der Waals surface area contributed by atoms with E-state index in [0.717, 1.165) is 0 Å². The second-order valence-corrected chi connectivity index (χ2v) is 5.64. The van der Waals surface area contributed by atoms with Crippen molar-refractivity contribution in [1.82, 2.24) is 19.6 Å². The number of aromatic nitrogens is 2. The first-order valence-corrected chi connectivity index (χ1v) is 7.49. The summed E-state index contributed by atoms with van der Waals surface area (Å²) in [4.78, 5) is 27.4. The molecule has 0 saturated carbocycles. The largest absolute Gasteiger partial charge is 0.454 e. The Bertz CT molecular complexity index is 724. The lowest BCUT2D eigenvalue weighted by Crippen LogP contribution is -2.53. The summed E-state index contributed by atoms with van der Waals surface area (Å²) in [5, 5.41) is 4.11. The third-order valence-electron chi connectivity index (χ3n) is 4.15. The van der Waals surface area contributed by atoms with E-state index in [2.05, 4.69) is 5.10 Å². The molecule has 2 aliphatic rings. The van der Waals surface area contributed by atoms with Gasteiger partial charge in [-0.3, -0.25) is 14.4 Å². The van der Waals surface area contributed by atoms with E-state index < -0.39 is 0 Å². The van der Waals surface area contributed by atoms with Crippen LogP contribution < -0.4 is 0 Å². The van der Waals surface area contributed by atoms with Gasteiger partial charge in [-0.1, -0.05) is 0 Å². The van der Waals surface area contributed by atoms with Crippen molar-refractivity contribution in [3.8, 4) is 0 Å². The minimum Gasteiger partial charge on any atom is -0.454 e. The van der Waals surface area contributed by atoms with Crippen LogP contribution in [0.25, 0.3) is 0 Å². The number of piperazine rings is 1. The summed E-state index contributed by atoms with van der Waals surface area (Å²) in [7, 11) is 0. The minimum absolute atomic E-state index is 0.0568. The van der Waals surface area contributed by atoms with Crippen LogP contribution in [0.5, 0.6) is 0 Å². The maximum Gasteiger partial charge on any atom is 0.410 e. The normalized spacial score (nSPS) is 20.5. The lowest BCUT2D eigenvalue weighted by Gasteiger charge is -2.34. The Labute approximate surface area is 132 Å². The van der Waals surface area contributed by atoms with Crippen LogP contribution in [0.2, 0.25) is 0 Å². The van der Waals surface area contributed by atoms with Gasteiger partial charge in [0.1, 0.15) is 12.4 Å². The van der Waals surface area contributed by atoms with Gasteiger partial charge in [-0.2, -0.15) is 5.10 Å². The van der Waals surface area contributed by atoms with E-state index in [4.69, 9.17) is 9.15 Å². The highest BCUT2D eigenvalue weighted by Crippen LogP contribution is 2.20. The number of hydrogen-bond acceptors (Lipinski definition) is 5. The molecule has 1 atom stereocenters. The highest BCUT2D eigenvalue weighted by Gasteiger charge is 2.39. The van der Waals surface area contributed by atoms with Crippen LogP contribution in [-0.4, -0.2) is 63.9 Å². The molecule has 2 aromatic rings. The molecular weight excluding hydrogens is 300 g/mol. The van der Waals surface area contributed by atoms with Crippen molar-refractivity contribution in [2.75, 3.05) is 26.2 Å². The summed E-state index contributed by atoms with van der Waals surface area (Å²) in [5.74, 6) is 0.830. The topological polar surface area (TPSA) is 80.8 Å². The van der Waals surface area contributed by atoms with E-state index in [1.807, 2.05) is 12.3 Å². The number of ether oxygens (including phenoxy) is 1. The van der Waals surface area contributed by atoms with Gasteiger partial charge in [0.05, 0.1) is 12.6 Å². The SMILES string of the molecule is O=C(c1ccc(Cn2cccn2)o1)N1CCN2C(=O)OC[C@@H]2C1. The van der Waals surface area contributed by atoms with Gasteiger partial charge in [-0.05, 0) is 18.2 Å². The van der Waals surface area contributed by atoms with E-state index in [1.165, 1.54) is 0 Å². The number of hydrogen-bond donors (Lipinski definition) is 0. The molecule has 2 fully saturated rings. The fraction of sp³-hybridized carbons (Fsp3) is 0.400. The highest BCUT2D eigenvalue weighted by molar-refractivity contribution is 5.91. The molecule has 2 amide bonds. The van der Waals surface area contributed by atoms with E-state index in [-0.39, 0.29) is 18.0 Å². The predicted molar refractivity (Wildman–Crippen MR) is 77.8 cm³/mol. The molecule has 0 aromatic carbocycles. The van der Waals surface area contributed by atoms with Crippen LogP contribution in [0, 0.1) is 0 Å². The average molecular weight is 316 g/mol.